The zero-order valence-electron chi connectivity index (χ0n) is 18.5. The molecule has 5 heteroatoms. The molecule has 0 atom stereocenters. The molecule has 0 bridgehead atoms. The van der Waals surface area contributed by atoms with Crippen molar-refractivity contribution in [2.75, 3.05) is 18.1 Å². The van der Waals surface area contributed by atoms with Gasteiger partial charge in [-0.05, 0) is 53.6 Å². The summed E-state index contributed by atoms with van der Waals surface area (Å²) in [6, 6.07) is 13.6. The summed E-state index contributed by atoms with van der Waals surface area (Å²) in [4.78, 5) is 26.9. The normalized spacial score (nSPS) is 13.6. The van der Waals surface area contributed by atoms with Gasteiger partial charge < -0.3 is 15.0 Å². The van der Waals surface area contributed by atoms with E-state index in [1.807, 2.05) is 30.3 Å². The van der Waals surface area contributed by atoms with E-state index in [0.717, 1.165) is 36.3 Å². The van der Waals surface area contributed by atoms with Gasteiger partial charge in [0.1, 0.15) is 5.75 Å². The molecular weight excluding hydrogens is 376 g/mol. The molecule has 2 aromatic carbocycles. The molecule has 2 amide bonds. The van der Waals surface area contributed by atoms with Gasteiger partial charge in [-0.25, -0.2) is 0 Å². The molecule has 0 saturated carbocycles. The van der Waals surface area contributed by atoms with Crippen molar-refractivity contribution in [2.24, 2.45) is 0 Å². The van der Waals surface area contributed by atoms with Crippen molar-refractivity contribution >= 4 is 17.5 Å². The lowest BCUT2D eigenvalue weighted by Crippen LogP contribution is -2.38. The summed E-state index contributed by atoms with van der Waals surface area (Å²) in [6.45, 7) is 9.76. The van der Waals surface area contributed by atoms with Crippen LogP contribution >= 0.6 is 0 Å². The Labute approximate surface area is 179 Å². The van der Waals surface area contributed by atoms with Gasteiger partial charge in [0, 0.05) is 12.1 Å². The molecule has 5 nitrogen and oxygen atoms in total. The lowest BCUT2D eigenvalue weighted by Gasteiger charge is -2.32. The molecule has 1 aliphatic rings. The largest absolute Gasteiger partial charge is 0.482 e. The molecular formula is C25H32N2O3. The van der Waals surface area contributed by atoms with E-state index in [1.54, 1.807) is 4.90 Å². The second-order valence-electron chi connectivity index (χ2n) is 8.50. The van der Waals surface area contributed by atoms with Crippen molar-refractivity contribution in [3.8, 4) is 5.75 Å². The molecule has 0 saturated heterocycles. The molecule has 1 N–H and O–H groups in total. The van der Waals surface area contributed by atoms with Crippen molar-refractivity contribution in [1.29, 1.82) is 0 Å². The summed E-state index contributed by atoms with van der Waals surface area (Å²) in [5.41, 5.74) is 3.52. The van der Waals surface area contributed by atoms with E-state index in [4.69, 9.17) is 4.74 Å². The van der Waals surface area contributed by atoms with E-state index in [1.165, 1.54) is 5.56 Å². The minimum absolute atomic E-state index is 0.0116. The summed E-state index contributed by atoms with van der Waals surface area (Å²) in [5, 5.41) is 2.95. The first kappa shape index (κ1) is 21.9. The third-order valence-corrected chi connectivity index (χ3v) is 5.91. The Bertz CT molecular complexity index is 920. The number of ether oxygens (including phenoxy) is 1. The molecule has 30 heavy (non-hydrogen) atoms. The summed E-state index contributed by atoms with van der Waals surface area (Å²) < 4.78 is 5.67. The number of unbranched alkanes of at least 4 members (excludes halogenated alkanes) is 1. The maximum absolute atomic E-state index is 12.7. The van der Waals surface area contributed by atoms with E-state index < -0.39 is 0 Å². The molecule has 0 fully saturated rings. The highest BCUT2D eigenvalue weighted by Crippen LogP contribution is 2.38. The van der Waals surface area contributed by atoms with E-state index in [0.29, 0.717) is 18.7 Å². The fourth-order valence-electron chi connectivity index (χ4n) is 3.47. The Balaban J connectivity index is 1.85. The third kappa shape index (κ3) is 4.84. The van der Waals surface area contributed by atoms with Crippen molar-refractivity contribution in [3.05, 3.63) is 59.2 Å². The van der Waals surface area contributed by atoms with Crippen molar-refractivity contribution in [2.45, 2.75) is 58.9 Å². The number of benzene rings is 2. The SMILES string of the molecule is CCCCNC(=O)c1cccc(CN2C(=O)COc3ccc(C(C)(C)CC)cc32)c1. The predicted molar refractivity (Wildman–Crippen MR) is 120 cm³/mol. The fraction of sp³-hybridized carbons (Fsp3) is 0.440. The van der Waals surface area contributed by atoms with Crippen molar-refractivity contribution in [3.63, 3.8) is 0 Å². The standard InChI is InChI=1S/C25H32N2O3/c1-5-7-13-26-24(29)19-10-8-9-18(14-19)16-27-21-15-20(25(3,4)6-2)11-12-22(21)30-17-23(27)28/h8-12,14-15H,5-7,13,16-17H2,1-4H3,(H,26,29). The van der Waals surface area contributed by atoms with Gasteiger partial charge in [0.2, 0.25) is 0 Å². The molecule has 0 spiro atoms. The molecule has 1 heterocycles. The average Bonchev–Trinajstić information content (AvgIpc) is 2.75. The maximum Gasteiger partial charge on any atom is 0.265 e. The lowest BCUT2D eigenvalue weighted by molar-refractivity contribution is -0.121. The van der Waals surface area contributed by atoms with Gasteiger partial charge in [-0.15, -0.1) is 0 Å². The molecule has 3 rings (SSSR count). The number of hydrogen-bond acceptors (Lipinski definition) is 3. The zero-order chi connectivity index (χ0) is 21.7. The van der Waals surface area contributed by atoms with Gasteiger partial charge in [0.05, 0.1) is 12.2 Å². The summed E-state index contributed by atoms with van der Waals surface area (Å²) in [5.74, 6) is 0.566. The second kappa shape index (κ2) is 9.33. The van der Waals surface area contributed by atoms with E-state index in [2.05, 4.69) is 45.1 Å². The number of anilines is 1. The van der Waals surface area contributed by atoms with Crippen LogP contribution in [-0.4, -0.2) is 25.0 Å². The monoisotopic (exact) mass is 408 g/mol. The molecule has 0 unspecified atom stereocenters. The van der Waals surface area contributed by atoms with E-state index in [9.17, 15) is 9.59 Å². The molecule has 0 aromatic heterocycles. The van der Waals surface area contributed by atoms with Crippen molar-refractivity contribution in [1.82, 2.24) is 5.32 Å². The smallest absolute Gasteiger partial charge is 0.265 e. The first-order chi connectivity index (χ1) is 14.4. The van der Waals surface area contributed by atoms with E-state index >= 15 is 0 Å². The lowest BCUT2D eigenvalue weighted by atomic mass is 9.82. The fourth-order valence-corrected chi connectivity index (χ4v) is 3.47. The second-order valence-corrected chi connectivity index (χ2v) is 8.50. The summed E-state index contributed by atoms with van der Waals surface area (Å²) in [7, 11) is 0. The quantitative estimate of drug-likeness (QED) is 0.637. The van der Waals surface area contributed by atoms with Crippen LogP contribution in [0, 0.1) is 0 Å². The molecule has 2 aromatic rings. The van der Waals surface area contributed by atoms with Crippen LogP contribution in [0.2, 0.25) is 0 Å². The summed E-state index contributed by atoms with van der Waals surface area (Å²) in [6.07, 6.45) is 2.99. The van der Waals surface area contributed by atoms with Gasteiger partial charge in [-0.3, -0.25) is 9.59 Å². The first-order valence-corrected chi connectivity index (χ1v) is 10.8. The highest BCUT2D eigenvalue weighted by atomic mass is 16.5. The van der Waals surface area contributed by atoms with Crippen LogP contribution < -0.4 is 15.0 Å². The number of carbonyl (C=O) groups is 2. The first-order valence-electron chi connectivity index (χ1n) is 10.8. The molecule has 1 aliphatic heterocycles. The van der Waals surface area contributed by atoms with Crippen molar-refractivity contribution < 1.29 is 14.3 Å². The highest BCUT2D eigenvalue weighted by Gasteiger charge is 2.28. The Morgan fingerprint density at radius 3 is 2.70 bits per heavy atom. The minimum atomic E-state index is -0.0778. The number of carbonyl (C=O) groups excluding carboxylic acids is 2. The van der Waals surface area contributed by atoms with Crippen LogP contribution in [0.1, 0.15) is 68.4 Å². The zero-order valence-corrected chi connectivity index (χ0v) is 18.5. The molecule has 0 radical (unpaired) electrons. The van der Waals surface area contributed by atoms with Crippen LogP contribution in [0.15, 0.2) is 42.5 Å². The minimum Gasteiger partial charge on any atom is -0.482 e. The highest BCUT2D eigenvalue weighted by molar-refractivity contribution is 5.98. The number of amides is 2. The Morgan fingerprint density at radius 2 is 1.97 bits per heavy atom. The predicted octanol–water partition coefficient (Wildman–Crippen LogP) is 4.83. The maximum atomic E-state index is 12.7. The Kier molecular flexibility index (Phi) is 6.80. The number of fused-ring (bicyclic) bond motifs is 1. The van der Waals surface area contributed by atoms with Crippen LogP contribution in [0.5, 0.6) is 5.75 Å². The number of nitrogens with one attached hydrogen (secondary N) is 1. The molecule has 160 valence electrons. The van der Waals surface area contributed by atoms with Crippen LogP contribution in [0.25, 0.3) is 0 Å². The topological polar surface area (TPSA) is 58.6 Å². The molecule has 0 aliphatic carbocycles. The number of hydrogen-bond donors (Lipinski definition) is 1. The number of nitrogens with zero attached hydrogens (tertiary/aromatic N) is 1. The van der Waals surface area contributed by atoms with E-state index in [-0.39, 0.29) is 23.8 Å². The van der Waals surface area contributed by atoms with Gasteiger partial charge in [-0.1, -0.05) is 52.3 Å². The summed E-state index contributed by atoms with van der Waals surface area (Å²) >= 11 is 0. The Morgan fingerprint density at radius 1 is 1.17 bits per heavy atom. The van der Waals surface area contributed by atoms with Crippen LogP contribution in [0.3, 0.4) is 0 Å². The average molecular weight is 409 g/mol. The van der Waals surface area contributed by atoms with Crippen LogP contribution in [0.4, 0.5) is 5.69 Å². The third-order valence-electron chi connectivity index (χ3n) is 5.91. The van der Waals surface area contributed by atoms with Crippen LogP contribution in [-0.2, 0) is 16.8 Å². The van der Waals surface area contributed by atoms with Gasteiger partial charge in [0.25, 0.3) is 11.8 Å². The van der Waals surface area contributed by atoms with Gasteiger partial charge in [-0.2, -0.15) is 0 Å². The number of rotatable bonds is 8. The van der Waals surface area contributed by atoms with Gasteiger partial charge >= 0.3 is 0 Å². The Hall–Kier alpha value is -2.82. The van der Waals surface area contributed by atoms with Gasteiger partial charge in [0.15, 0.2) is 6.61 Å².